The quantitative estimate of drug-likeness (QED) is 0.675. The van der Waals surface area contributed by atoms with Gasteiger partial charge < -0.3 is 0 Å². The molecule has 0 amide bonds. The minimum atomic E-state index is 0.740. The SMILES string of the molecule is Cc1cc(-c2ccc(Cl)cc2)cc(-c2ccccn2)n1. The van der Waals surface area contributed by atoms with Gasteiger partial charge >= 0.3 is 0 Å². The van der Waals surface area contributed by atoms with Crippen LogP contribution in [0.15, 0.2) is 60.8 Å². The Balaban J connectivity index is 2.09. The summed E-state index contributed by atoms with van der Waals surface area (Å²) in [6, 6.07) is 17.8. The van der Waals surface area contributed by atoms with Crippen LogP contribution in [-0.2, 0) is 0 Å². The number of aromatic nitrogens is 2. The summed E-state index contributed by atoms with van der Waals surface area (Å²) in [4.78, 5) is 8.91. The fourth-order valence-electron chi connectivity index (χ4n) is 2.12. The summed E-state index contributed by atoms with van der Waals surface area (Å²) in [7, 11) is 0. The average molecular weight is 281 g/mol. The van der Waals surface area contributed by atoms with Gasteiger partial charge in [0.25, 0.3) is 0 Å². The molecule has 3 aromatic rings. The van der Waals surface area contributed by atoms with E-state index in [9.17, 15) is 0 Å². The van der Waals surface area contributed by atoms with Crippen LogP contribution >= 0.6 is 11.6 Å². The lowest BCUT2D eigenvalue weighted by molar-refractivity contribution is 1.18. The maximum Gasteiger partial charge on any atom is 0.0895 e. The lowest BCUT2D eigenvalue weighted by Gasteiger charge is -2.07. The number of benzene rings is 1. The van der Waals surface area contributed by atoms with E-state index in [4.69, 9.17) is 11.6 Å². The minimum absolute atomic E-state index is 0.740. The van der Waals surface area contributed by atoms with Crippen molar-refractivity contribution in [3.05, 3.63) is 71.5 Å². The van der Waals surface area contributed by atoms with Crippen LogP contribution in [0.3, 0.4) is 0 Å². The molecule has 3 rings (SSSR count). The number of aryl methyl sites for hydroxylation is 1. The van der Waals surface area contributed by atoms with Gasteiger partial charge in [0.05, 0.1) is 11.4 Å². The fraction of sp³-hybridized carbons (Fsp3) is 0.0588. The zero-order valence-electron chi connectivity index (χ0n) is 11.0. The van der Waals surface area contributed by atoms with Crippen LogP contribution in [0.4, 0.5) is 0 Å². The standard InChI is InChI=1S/C17H13ClN2/c1-12-10-14(13-5-7-15(18)8-6-13)11-17(20-12)16-4-2-3-9-19-16/h2-11H,1H3. The van der Waals surface area contributed by atoms with Crippen molar-refractivity contribution in [1.82, 2.24) is 9.97 Å². The monoisotopic (exact) mass is 280 g/mol. The Kier molecular flexibility index (Phi) is 3.48. The van der Waals surface area contributed by atoms with Gasteiger partial charge in [0, 0.05) is 16.9 Å². The zero-order valence-corrected chi connectivity index (χ0v) is 11.8. The molecule has 0 atom stereocenters. The third kappa shape index (κ3) is 2.70. The zero-order chi connectivity index (χ0) is 13.9. The van der Waals surface area contributed by atoms with Gasteiger partial charge in [-0.2, -0.15) is 0 Å². The molecule has 98 valence electrons. The second-order valence-electron chi connectivity index (χ2n) is 4.60. The number of nitrogens with zero attached hydrogens (tertiary/aromatic N) is 2. The molecule has 3 heteroatoms. The highest BCUT2D eigenvalue weighted by atomic mass is 35.5. The lowest BCUT2D eigenvalue weighted by Crippen LogP contribution is -1.91. The molecule has 0 fully saturated rings. The van der Waals surface area contributed by atoms with Crippen molar-refractivity contribution < 1.29 is 0 Å². The maximum atomic E-state index is 5.94. The number of pyridine rings is 2. The summed E-state index contributed by atoms with van der Waals surface area (Å²) in [5, 5.41) is 0.740. The first kappa shape index (κ1) is 12.8. The summed E-state index contributed by atoms with van der Waals surface area (Å²) >= 11 is 5.94. The number of halogens is 1. The number of hydrogen-bond donors (Lipinski definition) is 0. The van der Waals surface area contributed by atoms with E-state index in [1.165, 1.54) is 0 Å². The van der Waals surface area contributed by atoms with E-state index in [1.54, 1.807) is 6.20 Å². The van der Waals surface area contributed by atoms with Crippen molar-refractivity contribution in [1.29, 1.82) is 0 Å². The summed E-state index contributed by atoms with van der Waals surface area (Å²) in [6.45, 7) is 1.99. The first-order valence-corrected chi connectivity index (χ1v) is 6.76. The maximum absolute atomic E-state index is 5.94. The summed E-state index contributed by atoms with van der Waals surface area (Å²) in [5.41, 5.74) is 4.98. The molecule has 0 aliphatic carbocycles. The Bertz CT molecular complexity index is 722. The van der Waals surface area contributed by atoms with Crippen LogP contribution in [0.5, 0.6) is 0 Å². The molecule has 2 aromatic heterocycles. The highest BCUT2D eigenvalue weighted by Crippen LogP contribution is 2.26. The Morgan fingerprint density at radius 1 is 0.850 bits per heavy atom. The number of hydrogen-bond acceptors (Lipinski definition) is 2. The topological polar surface area (TPSA) is 25.8 Å². The van der Waals surface area contributed by atoms with Gasteiger partial charge in [0.15, 0.2) is 0 Å². The second kappa shape index (κ2) is 5.43. The van der Waals surface area contributed by atoms with E-state index in [-0.39, 0.29) is 0 Å². The predicted octanol–water partition coefficient (Wildman–Crippen LogP) is 4.77. The highest BCUT2D eigenvalue weighted by molar-refractivity contribution is 6.30. The molecule has 0 bridgehead atoms. The molecule has 0 N–H and O–H groups in total. The first-order valence-electron chi connectivity index (χ1n) is 6.38. The Hall–Kier alpha value is -2.19. The largest absolute Gasteiger partial charge is 0.255 e. The number of rotatable bonds is 2. The second-order valence-corrected chi connectivity index (χ2v) is 5.04. The van der Waals surface area contributed by atoms with E-state index >= 15 is 0 Å². The molecule has 0 saturated heterocycles. The molecule has 0 radical (unpaired) electrons. The van der Waals surface area contributed by atoms with Gasteiger partial charge in [-0.15, -0.1) is 0 Å². The van der Waals surface area contributed by atoms with Gasteiger partial charge in [-0.25, -0.2) is 0 Å². The molecule has 0 aliphatic rings. The molecule has 0 unspecified atom stereocenters. The van der Waals surface area contributed by atoms with Crippen molar-refractivity contribution in [2.24, 2.45) is 0 Å². The van der Waals surface area contributed by atoms with Gasteiger partial charge in [-0.1, -0.05) is 29.8 Å². The smallest absolute Gasteiger partial charge is 0.0895 e. The van der Waals surface area contributed by atoms with Crippen LogP contribution in [-0.4, -0.2) is 9.97 Å². The molecular weight excluding hydrogens is 268 g/mol. The predicted molar refractivity (Wildman–Crippen MR) is 82.7 cm³/mol. The van der Waals surface area contributed by atoms with Crippen LogP contribution in [0, 0.1) is 6.92 Å². The third-order valence-electron chi connectivity index (χ3n) is 3.06. The lowest BCUT2D eigenvalue weighted by atomic mass is 10.0. The van der Waals surface area contributed by atoms with Crippen molar-refractivity contribution in [3.63, 3.8) is 0 Å². The molecule has 1 aromatic carbocycles. The van der Waals surface area contributed by atoms with Crippen LogP contribution in [0.25, 0.3) is 22.5 Å². The first-order chi connectivity index (χ1) is 9.72. The molecule has 0 spiro atoms. The van der Waals surface area contributed by atoms with E-state index in [0.29, 0.717) is 0 Å². The van der Waals surface area contributed by atoms with Crippen molar-refractivity contribution in [2.75, 3.05) is 0 Å². The van der Waals surface area contributed by atoms with E-state index < -0.39 is 0 Å². The van der Waals surface area contributed by atoms with Crippen molar-refractivity contribution in [3.8, 4) is 22.5 Å². The highest BCUT2D eigenvalue weighted by Gasteiger charge is 2.05. The Labute approximate surface area is 123 Å². The van der Waals surface area contributed by atoms with Crippen LogP contribution < -0.4 is 0 Å². The van der Waals surface area contributed by atoms with Crippen LogP contribution in [0.2, 0.25) is 5.02 Å². The summed E-state index contributed by atoms with van der Waals surface area (Å²) in [6.07, 6.45) is 1.78. The molecule has 20 heavy (non-hydrogen) atoms. The van der Waals surface area contributed by atoms with Gasteiger partial charge in [-0.3, -0.25) is 9.97 Å². The molecule has 2 nitrogen and oxygen atoms in total. The Morgan fingerprint density at radius 2 is 1.65 bits per heavy atom. The summed E-state index contributed by atoms with van der Waals surface area (Å²) < 4.78 is 0. The van der Waals surface area contributed by atoms with Crippen molar-refractivity contribution in [2.45, 2.75) is 6.92 Å². The molecule has 2 heterocycles. The normalized spacial score (nSPS) is 10.5. The Morgan fingerprint density at radius 3 is 2.35 bits per heavy atom. The van der Waals surface area contributed by atoms with E-state index in [2.05, 4.69) is 22.1 Å². The average Bonchev–Trinajstić information content (AvgIpc) is 2.48. The fourth-order valence-corrected chi connectivity index (χ4v) is 2.25. The van der Waals surface area contributed by atoms with E-state index in [1.807, 2.05) is 49.4 Å². The van der Waals surface area contributed by atoms with Crippen LogP contribution in [0.1, 0.15) is 5.69 Å². The third-order valence-corrected chi connectivity index (χ3v) is 3.31. The minimum Gasteiger partial charge on any atom is -0.255 e. The van der Waals surface area contributed by atoms with E-state index in [0.717, 1.165) is 33.2 Å². The summed E-state index contributed by atoms with van der Waals surface area (Å²) in [5.74, 6) is 0. The van der Waals surface area contributed by atoms with Gasteiger partial charge in [-0.05, 0) is 54.4 Å². The molecular formula is C17H13ClN2. The molecule has 0 saturated carbocycles. The molecule has 0 aliphatic heterocycles. The van der Waals surface area contributed by atoms with Crippen molar-refractivity contribution >= 4 is 11.6 Å². The van der Waals surface area contributed by atoms with Gasteiger partial charge in [0.2, 0.25) is 0 Å². The van der Waals surface area contributed by atoms with Gasteiger partial charge in [0.1, 0.15) is 0 Å².